The fourth-order valence-electron chi connectivity index (χ4n) is 1.85. The van der Waals surface area contributed by atoms with Crippen LogP contribution >= 0.6 is 11.8 Å². The number of rotatable bonds is 9. The van der Waals surface area contributed by atoms with Crippen LogP contribution < -0.4 is 5.73 Å². The number of thioether (sulfide) groups is 1. The first-order valence-corrected chi connectivity index (χ1v) is 9.43. The quantitative estimate of drug-likeness (QED) is 0.553. The highest BCUT2D eigenvalue weighted by molar-refractivity contribution is 8.00. The van der Waals surface area contributed by atoms with E-state index in [1.807, 2.05) is 38.1 Å². The van der Waals surface area contributed by atoms with Crippen LogP contribution in [0.4, 0.5) is 5.69 Å². The smallest absolute Gasteiger partial charge is 0.215 e. The lowest BCUT2D eigenvalue weighted by Gasteiger charge is -2.25. The summed E-state index contributed by atoms with van der Waals surface area (Å²) < 4.78 is 31.2. The highest BCUT2D eigenvalue weighted by Gasteiger charge is 2.24. The van der Waals surface area contributed by atoms with Gasteiger partial charge in [0.15, 0.2) is 0 Å². The molecule has 120 valence electrons. The van der Waals surface area contributed by atoms with Gasteiger partial charge in [0.25, 0.3) is 0 Å². The molecule has 0 fully saturated rings. The number of hydrogen-bond acceptors (Lipinski definition) is 5. The van der Waals surface area contributed by atoms with Gasteiger partial charge in [-0.15, -0.1) is 11.8 Å². The van der Waals surface area contributed by atoms with Crippen molar-refractivity contribution in [3.8, 4) is 0 Å². The summed E-state index contributed by atoms with van der Waals surface area (Å²) in [5.41, 5.74) is 6.33. The SMILES string of the molecule is COCCN(C(C)C)S(=O)(=O)CCSc1ccc(N)cc1. The van der Waals surface area contributed by atoms with Crippen LogP contribution in [0.5, 0.6) is 0 Å². The average molecular weight is 332 g/mol. The summed E-state index contributed by atoms with van der Waals surface area (Å²) in [6.45, 7) is 4.55. The molecule has 0 unspecified atom stereocenters. The molecular weight excluding hydrogens is 308 g/mol. The zero-order valence-electron chi connectivity index (χ0n) is 12.8. The van der Waals surface area contributed by atoms with E-state index in [4.69, 9.17) is 10.5 Å². The third-order valence-electron chi connectivity index (χ3n) is 2.94. The van der Waals surface area contributed by atoms with Gasteiger partial charge in [-0.05, 0) is 38.1 Å². The van der Waals surface area contributed by atoms with E-state index in [1.165, 1.54) is 16.1 Å². The summed E-state index contributed by atoms with van der Waals surface area (Å²) in [4.78, 5) is 1.02. The molecule has 0 saturated carbocycles. The Bertz CT molecular complexity index is 516. The van der Waals surface area contributed by atoms with Gasteiger partial charge in [0.05, 0.1) is 12.4 Å². The predicted octanol–water partition coefficient (Wildman–Crippen LogP) is 2.05. The summed E-state index contributed by atoms with van der Waals surface area (Å²) >= 11 is 1.52. The molecule has 0 aliphatic heterocycles. The Hall–Kier alpha value is -0.760. The number of nitrogen functional groups attached to an aromatic ring is 1. The number of methoxy groups -OCH3 is 1. The maximum atomic E-state index is 12.4. The summed E-state index contributed by atoms with van der Waals surface area (Å²) in [5, 5.41) is 0. The first-order valence-electron chi connectivity index (χ1n) is 6.83. The van der Waals surface area contributed by atoms with Crippen molar-refractivity contribution >= 4 is 27.5 Å². The largest absolute Gasteiger partial charge is 0.399 e. The fourth-order valence-corrected chi connectivity index (χ4v) is 4.82. The van der Waals surface area contributed by atoms with Crippen LogP contribution in [0.15, 0.2) is 29.2 Å². The summed E-state index contributed by atoms with van der Waals surface area (Å²) in [6, 6.07) is 7.37. The van der Waals surface area contributed by atoms with Crippen molar-refractivity contribution in [3.63, 3.8) is 0 Å². The van der Waals surface area contributed by atoms with Gasteiger partial charge in [-0.2, -0.15) is 4.31 Å². The lowest BCUT2D eigenvalue weighted by Crippen LogP contribution is -2.41. The number of benzene rings is 1. The molecule has 0 radical (unpaired) electrons. The molecule has 1 aromatic carbocycles. The monoisotopic (exact) mass is 332 g/mol. The van der Waals surface area contributed by atoms with E-state index in [2.05, 4.69) is 0 Å². The van der Waals surface area contributed by atoms with Gasteiger partial charge >= 0.3 is 0 Å². The molecule has 1 rings (SSSR count). The highest BCUT2D eigenvalue weighted by atomic mass is 32.2. The van der Waals surface area contributed by atoms with Gasteiger partial charge < -0.3 is 10.5 Å². The number of hydrogen-bond donors (Lipinski definition) is 1. The van der Waals surface area contributed by atoms with Crippen LogP contribution in [-0.2, 0) is 14.8 Å². The molecule has 1 aromatic rings. The Labute approximate surface area is 131 Å². The van der Waals surface area contributed by atoms with Gasteiger partial charge in [0.1, 0.15) is 0 Å². The zero-order chi connectivity index (χ0) is 15.9. The number of nitrogens with zero attached hydrogens (tertiary/aromatic N) is 1. The number of anilines is 1. The Balaban J connectivity index is 2.56. The third kappa shape index (κ3) is 6.25. The molecule has 0 amide bonds. The molecule has 0 aliphatic carbocycles. The second kappa shape index (κ2) is 8.63. The van der Waals surface area contributed by atoms with Crippen molar-refractivity contribution in [3.05, 3.63) is 24.3 Å². The van der Waals surface area contributed by atoms with Crippen LogP contribution in [-0.4, -0.2) is 50.5 Å². The average Bonchev–Trinajstić information content (AvgIpc) is 2.40. The number of nitrogens with two attached hydrogens (primary N) is 1. The minimum atomic E-state index is -3.26. The van der Waals surface area contributed by atoms with Crippen molar-refractivity contribution in [1.82, 2.24) is 4.31 Å². The van der Waals surface area contributed by atoms with E-state index in [1.54, 1.807) is 7.11 Å². The number of sulfonamides is 1. The van der Waals surface area contributed by atoms with E-state index < -0.39 is 10.0 Å². The summed E-state index contributed by atoms with van der Waals surface area (Å²) in [6.07, 6.45) is 0. The third-order valence-corrected chi connectivity index (χ3v) is 6.25. The Kier molecular flexibility index (Phi) is 7.51. The van der Waals surface area contributed by atoms with Crippen molar-refractivity contribution < 1.29 is 13.2 Å². The molecule has 0 saturated heterocycles. The normalized spacial score (nSPS) is 12.2. The Morgan fingerprint density at radius 2 is 1.90 bits per heavy atom. The van der Waals surface area contributed by atoms with Gasteiger partial charge in [0, 0.05) is 36.0 Å². The van der Waals surface area contributed by atoms with Crippen LogP contribution in [0.25, 0.3) is 0 Å². The number of ether oxygens (including phenoxy) is 1. The van der Waals surface area contributed by atoms with Crippen molar-refractivity contribution in [1.29, 1.82) is 0 Å². The van der Waals surface area contributed by atoms with Crippen molar-refractivity contribution in [2.45, 2.75) is 24.8 Å². The second-order valence-corrected chi connectivity index (χ2v) is 8.14. The molecule has 0 spiro atoms. The first kappa shape index (κ1) is 18.3. The fraction of sp³-hybridized carbons (Fsp3) is 0.571. The maximum absolute atomic E-state index is 12.4. The maximum Gasteiger partial charge on any atom is 0.215 e. The first-order chi connectivity index (χ1) is 9.86. The van der Waals surface area contributed by atoms with Crippen molar-refractivity contribution in [2.24, 2.45) is 0 Å². The molecule has 7 heteroatoms. The second-order valence-electron chi connectivity index (χ2n) is 4.93. The van der Waals surface area contributed by atoms with Gasteiger partial charge in [-0.25, -0.2) is 8.42 Å². The molecule has 0 bridgehead atoms. The van der Waals surface area contributed by atoms with E-state index in [9.17, 15) is 8.42 Å². The molecule has 0 atom stereocenters. The minimum absolute atomic E-state index is 0.0633. The molecule has 2 N–H and O–H groups in total. The standard InChI is InChI=1S/C14H24N2O3S2/c1-12(2)16(8-9-19-3)21(17,18)11-10-20-14-6-4-13(15)5-7-14/h4-7,12H,8-11,15H2,1-3H3. The van der Waals surface area contributed by atoms with Gasteiger partial charge in [-0.1, -0.05) is 0 Å². The van der Waals surface area contributed by atoms with Crippen LogP contribution in [0.3, 0.4) is 0 Å². The van der Waals surface area contributed by atoms with Crippen molar-refractivity contribution in [2.75, 3.05) is 37.5 Å². The van der Waals surface area contributed by atoms with Crippen LogP contribution in [0.1, 0.15) is 13.8 Å². The van der Waals surface area contributed by atoms with E-state index in [-0.39, 0.29) is 11.8 Å². The lowest BCUT2D eigenvalue weighted by molar-refractivity contribution is 0.171. The van der Waals surface area contributed by atoms with E-state index >= 15 is 0 Å². The summed E-state index contributed by atoms with van der Waals surface area (Å²) in [5.74, 6) is 0.631. The summed E-state index contributed by atoms with van der Waals surface area (Å²) in [7, 11) is -1.69. The molecular formula is C14H24N2O3S2. The minimum Gasteiger partial charge on any atom is -0.399 e. The zero-order valence-corrected chi connectivity index (χ0v) is 14.4. The Morgan fingerprint density at radius 1 is 1.29 bits per heavy atom. The van der Waals surface area contributed by atoms with Gasteiger partial charge in [-0.3, -0.25) is 0 Å². The van der Waals surface area contributed by atoms with Crippen LogP contribution in [0, 0.1) is 0 Å². The highest BCUT2D eigenvalue weighted by Crippen LogP contribution is 2.20. The molecule has 0 aliphatic rings. The predicted molar refractivity (Wildman–Crippen MR) is 89.1 cm³/mol. The van der Waals surface area contributed by atoms with Crippen LogP contribution in [0.2, 0.25) is 0 Å². The topological polar surface area (TPSA) is 72.6 Å². The Morgan fingerprint density at radius 3 is 2.43 bits per heavy atom. The molecule has 0 heterocycles. The van der Waals surface area contributed by atoms with E-state index in [0.717, 1.165) is 4.90 Å². The lowest BCUT2D eigenvalue weighted by atomic mass is 10.3. The molecule has 21 heavy (non-hydrogen) atoms. The van der Waals surface area contributed by atoms with E-state index in [0.29, 0.717) is 24.6 Å². The van der Waals surface area contributed by atoms with Gasteiger partial charge in [0.2, 0.25) is 10.0 Å². The molecule has 5 nitrogen and oxygen atoms in total. The molecule has 0 aromatic heterocycles.